The third-order valence-electron chi connectivity index (χ3n) is 7.64. The van der Waals surface area contributed by atoms with Gasteiger partial charge >= 0.3 is 0 Å². The van der Waals surface area contributed by atoms with Crippen LogP contribution in [0.2, 0.25) is 0 Å². The fourth-order valence-electron chi connectivity index (χ4n) is 5.82. The molecule has 10 nitrogen and oxygen atoms in total. The molecule has 1 atom stereocenters. The Labute approximate surface area is 208 Å². The van der Waals surface area contributed by atoms with E-state index in [9.17, 15) is 14.7 Å². The molecule has 0 bridgehead atoms. The van der Waals surface area contributed by atoms with Crippen molar-refractivity contribution >= 4 is 34.1 Å². The first kappa shape index (κ1) is 22.9. The van der Waals surface area contributed by atoms with Gasteiger partial charge in [0.15, 0.2) is 11.5 Å². The lowest BCUT2D eigenvalue weighted by molar-refractivity contribution is -0.0254. The average molecular weight is 491 g/mol. The second kappa shape index (κ2) is 8.56. The molecule has 3 aliphatic rings. The summed E-state index contributed by atoms with van der Waals surface area (Å²) in [5.74, 6) is 0.800. The van der Waals surface area contributed by atoms with E-state index in [0.717, 1.165) is 43.6 Å². The number of carbonyl (C=O) groups excluding carboxylic acids is 1. The summed E-state index contributed by atoms with van der Waals surface area (Å²) in [6.45, 7) is 5.33. The van der Waals surface area contributed by atoms with E-state index in [4.69, 9.17) is 9.72 Å². The highest BCUT2D eigenvalue weighted by Crippen LogP contribution is 2.40. The third-order valence-corrected chi connectivity index (χ3v) is 7.64. The number of pyridine rings is 1. The zero-order valence-electron chi connectivity index (χ0n) is 20.5. The Balaban J connectivity index is 1.39. The molecule has 3 aromatic rings. The van der Waals surface area contributed by atoms with Gasteiger partial charge in [-0.1, -0.05) is 12.8 Å². The van der Waals surface area contributed by atoms with Gasteiger partial charge in [0.2, 0.25) is 5.95 Å². The van der Waals surface area contributed by atoms with Crippen molar-refractivity contribution in [3.63, 3.8) is 0 Å². The molecule has 1 aliphatic carbocycles. The highest BCUT2D eigenvalue weighted by molar-refractivity contribution is 5.99. The quantitative estimate of drug-likeness (QED) is 0.474. The molecule has 3 N–H and O–H groups in total. The van der Waals surface area contributed by atoms with Gasteiger partial charge in [0.05, 0.1) is 11.3 Å². The molecule has 0 radical (unpaired) electrons. The van der Waals surface area contributed by atoms with Crippen LogP contribution in [0.1, 0.15) is 54.6 Å². The van der Waals surface area contributed by atoms with E-state index in [1.807, 2.05) is 23.1 Å². The second-order valence-corrected chi connectivity index (χ2v) is 10.0. The number of piperazine rings is 1. The molecule has 0 amide bonds. The summed E-state index contributed by atoms with van der Waals surface area (Å²) in [7, 11) is 0. The number of aliphatic hydroxyl groups is 1. The molecule has 6 rings (SSSR count). The van der Waals surface area contributed by atoms with Gasteiger partial charge in [0, 0.05) is 49.0 Å². The van der Waals surface area contributed by atoms with Gasteiger partial charge in [-0.3, -0.25) is 14.2 Å². The normalized spacial score (nSPS) is 21.7. The van der Waals surface area contributed by atoms with Crippen molar-refractivity contribution in [2.75, 3.05) is 36.5 Å². The van der Waals surface area contributed by atoms with Crippen LogP contribution in [0.5, 0.6) is 5.75 Å². The molecule has 2 aliphatic heterocycles. The number of anilines is 3. The zero-order valence-corrected chi connectivity index (χ0v) is 20.5. The Morgan fingerprint density at radius 2 is 2.11 bits per heavy atom. The lowest BCUT2D eigenvalue weighted by Gasteiger charge is -2.48. The molecule has 1 saturated carbocycles. The average Bonchev–Trinajstić information content (AvgIpc) is 3.38. The van der Waals surface area contributed by atoms with Gasteiger partial charge in [-0.2, -0.15) is 4.98 Å². The maximum Gasteiger partial charge on any atom is 0.263 e. The third kappa shape index (κ3) is 3.63. The summed E-state index contributed by atoms with van der Waals surface area (Å²) in [6.07, 6.45) is 5.57. The maximum atomic E-state index is 13.4. The van der Waals surface area contributed by atoms with Gasteiger partial charge in [-0.15, -0.1) is 0 Å². The number of carbonyl (C=O) groups is 1. The van der Waals surface area contributed by atoms with Crippen LogP contribution >= 0.6 is 0 Å². The van der Waals surface area contributed by atoms with E-state index < -0.39 is 5.72 Å². The van der Waals surface area contributed by atoms with Crippen molar-refractivity contribution in [3.05, 3.63) is 45.9 Å². The summed E-state index contributed by atoms with van der Waals surface area (Å²) in [5, 5.41) is 18.1. The van der Waals surface area contributed by atoms with Gasteiger partial charge in [0.25, 0.3) is 5.56 Å². The maximum absolute atomic E-state index is 13.4. The molecule has 1 aromatic carbocycles. The summed E-state index contributed by atoms with van der Waals surface area (Å²) in [4.78, 5) is 37.0. The number of aromatic nitrogens is 3. The number of hydrogen-bond donors (Lipinski definition) is 3. The topological polar surface area (TPSA) is 122 Å². The molecule has 10 heteroatoms. The summed E-state index contributed by atoms with van der Waals surface area (Å²) in [6, 6.07) is 5.72. The molecule has 188 valence electrons. The van der Waals surface area contributed by atoms with Crippen LogP contribution in [0.4, 0.5) is 17.3 Å². The fourth-order valence-corrected chi connectivity index (χ4v) is 5.82. The van der Waals surface area contributed by atoms with E-state index >= 15 is 0 Å². The van der Waals surface area contributed by atoms with Crippen LogP contribution in [0.25, 0.3) is 11.0 Å². The number of nitrogens with one attached hydrogen (secondary N) is 2. The molecule has 0 unspecified atom stereocenters. The minimum atomic E-state index is -1.05. The van der Waals surface area contributed by atoms with Crippen molar-refractivity contribution in [1.29, 1.82) is 0 Å². The molecule has 2 aromatic heterocycles. The van der Waals surface area contributed by atoms with Crippen molar-refractivity contribution in [2.45, 2.75) is 51.3 Å². The smallest absolute Gasteiger partial charge is 0.263 e. The molecular weight excluding hydrogens is 460 g/mol. The lowest BCUT2D eigenvalue weighted by atomic mass is 10.0. The van der Waals surface area contributed by atoms with Crippen LogP contribution in [0, 0.1) is 6.92 Å². The van der Waals surface area contributed by atoms with Crippen LogP contribution < -0.4 is 25.8 Å². The minimum Gasteiger partial charge on any atom is -0.486 e. The number of ether oxygens (including phenoxy) is 1. The van der Waals surface area contributed by atoms with Gasteiger partial charge in [-0.25, -0.2) is 4.98 Å². The first-order chi connectivity index (χ1) is 17.4. The predicted molar refractivity (Wildman–Crippen MR) is 136 cm³/mol. The Bertz CT molecular complexity index is 1430. The van der Waals surface area contributed by atoms with Crippen LogP contribution in [-0.2, 0) is 0 Å². The highest BCUT2D eigenvalue weighted by atomic mass is 16.5. The largest absolute Gasteiger partial charge is 0.486 e. The van der Waals surface area contributed by atoms with Gasteiger partial charge in [0.1, 0.15) is 18.0 Å². The summed E-state index contributed by atoms with van der Waals surface area (Å²) >= 11 is 0. The number of aryl methyl sites for hydroxylation is 1. The Morgan fingerprint density at radius 1 is 1.31 bits per heavy atom. The fraction of sp³-hybridized carbons (Fsp3) is 0.462. The van der Waals surface area contributed by atoms with Crippen LogP contribution in [0.3, 0.4) is 0 Å². The highest BCUT2D eigenvalue weighted by Gasteiger charge is 2.42. The number of benzene rings is 1. The first-order valence-corrected chi connectivity index (χ1v) is 12.5. The molecule has 2 fully saturated rings. The molecule has 4 heterocycles. The van der Waals surface area contributed by atoms with Gasteiger partial charge < -0.3 is 25.4 Å². The van der Waals surface area contributed by atoms with Crippen LogP contribution in [-0.4, -0.2) is 57.4 Å². The predicted octanol–water partition coefficient (Wildman–Crippen LogP) is 2.65. The second-order valence-electron chi connectivity index (χ2n) is 10.0. The lowest BCUT2D eigenvalue weighted by Crippen LogP contribution is -2.66. The monoisotopic (exact) mass is 490 g/mol. The SMILES string of the molecule is CC(=O)c1c(C)c2cnc(Nc3ccc4c(c3)OC[C@@]3(O)CNCCN43)nc2n(C2CCCC2)c1=O. The number of rotatable bonds is 4. The van der Waals surface area contributed by atoms with Crippen LogP contribution in [0.15, 0.2) is 29.2 Å². The van der Waals surface area contributed by atoms with Crippen molar-refractivity contribution in [2.24, 2.45) is 0 Å². The number of nitrogens with zero attached hydrogens (tertiary/aromatic N) is 4. The van der Waals surface area contributed by atoms with Crippen molar-refractivity contribution in [1.82, 2.24) is 19.9 Å². The first-order valence-electron chi connectivity index (χ1n) is 12.5. The van der Waals surface area contributed by atoms with E-state index in [-0.39, 0.29) is 29.6 Å². The number of fused-ring (bicyclic) bond motifs is 4. The molecule has 1 saturated heterocycles. The number of hydrogen-bond acceptors (Lipinski definition) is 9. The van der Waals surface area contributed by atoms with E-state index in [1.165, 1.54) is 6.92 Å². The number of Topliss-reactive ketones (excluding diaryl/α,β-unsaturated/α-hetero) is 1. The number of ketones is 1. The van der Waals surface area contributed by atoms with Crippen molar-refractivity contribution in [3.8, 4) is 5.75 Å². The summed E-state index contributed by atoms with van der Waals surface area (Å²) < 4.78 is 7.62. The zero-order chi connectivity index (χ0) is 25.0. The Kier molecular flexibility index (Phi) is 5.45. The minimum absolute atomic E-state index is 0.0244. The molecule has 0 spiro atoms. The number of β-amino-alcohol motifs (C(OH)–C–C–N with tert-alkyl or cyclic N) is 1. The van der Waals surface area contributed by atoms with Crippen molar-refractivity contribution < 1.29 is 14.6 Å². The Morgan fingerprint density at radius 3 is 2.89 bits per heavy atom. The van der Waals surface area contributed by atoms with E-state index in [2.05, 4.69) is 15.6 Å². The summed E-state index contributed by atoms with van der Waals surface area (Å²) in [5.41, 5.74) is 1.65. The molecule has 36 heavy (non-hydrogen) atoms. The van der Waals surface area contributed by atoms with E-state index in [0.29, 0.717) is 41.4 Å². The van der Waals surface area contributed by atoms with E-state index in [1.54, 1.807) is 17.7 Å². The standard InChI is InChI=1S/C26H30N6O4/c1-15-19-12-28-25(30-23(19)32(18-5-3-4-6-18)24(34)22(15)16(2)33)29-17-7-8-20-21(11-17)36-14-26(35)13-27-9-10-31(20)26/h7-8,11-12,18,27,35H,3-6,9-10,13-14H2,1-2H3,(H,28,29,30)/t26-/m0/s1. The Hall–Kier alpha value is -3.50. The molecular formula is C26H30N6O4. The van der Waals surface area contributed by atoms with Gasteiger partial charge in [-0.05, 0) is 44.4 Å².